The molecule has 0 radical (unpaired) electrons. The minimum atomic E-state index is -1.12. The van der Waals surface area contributed by atoms with E-state index in [9.17, 15) is 9.59 Å². The second-order valence-corrected chi connectivity index (χ2v) is 3.02. The van der Waals surface area contributed by atoms with Gasteiger partial charge in [-0.25, -0.2) is 4.79 Å². The van der Waals surface area contributed by atoms with E-state index in [4.69, 9.17) is 5.21 Å². The molecule has 0 saturated carbocycles. The standard InChI is InChI=1S/C6H10N2O3/c1-6(2)4(9)7(3)5(10)8(6)11/h11H,1-3H3. The molecule has 0 aliphatic carbocycles. The summed E-state index contributed by atoms with van der Waals surface area (Å²) in [6, 6.07) is -0.681. The van der Waals surface area contributed by atoms with Gasteiger partial charge in [0.1, 0.15) is 5.54 Å². The van der Waals surface area contributed by atoms with Crippen molar-refractivity contribution in [2.45, 2.75) is 19.4 Å². The van der Waals surface area contributed by atoms with Gasteiger partial charge in [-0.15, -0.1) is 0 Å². The molecule has 0 aromatic carbocycles. The Hall–Kier alpha value is -1.10. The normalized spacial score (nSPS) is 23.3. The minimum absolute atomic E-state index is 0.398. The summed E-state index contributed by atoms with van der Waals surface area (Å²) >= 11 is 0. The average molecular weight is 158 g/mol. The molecule has 0 aromatic heterocycles. The molecular weight excluding hydrogens is 148 g/mol. The van der Waals surface area contributed by atoms with Crippen LogP contribution in [0.15, 0.2) is 0 Å². The second kappa shape index (κ2) is 1.94. The number of imide groups is 1. The molecule has 0 spiro atoms. The summed E-state index contributed by atoms with van der Waals surface area (Å²) in [5.41, 5.74) is -1.12. The molecule has 1 N–H and O–H groups in total. The third kappa shape index (κ3) is 0.808. The number of hydrogen-bond donors (Lipinski definition) is 1. The quantitative estimate of drug-likeness (QED) is 0.400. The summed E-state index contributed by atoms with van der Waals surface area (Å²) in [5.74, 6) is -0.398. The number of hydroxylamine groups is 2. The number of nitrogens with zero attached hydrogens (tertiary/aromatic N) is 2. The first kappa shape index (κ1) is 8.00. The first-order valence-electron chi connectivity index (χ1n) is 3.20. The fourth-order valence-electron chi connectivity index (χ4n) is 0.969. The van der Waals surface area contributed by atoms with E-state index in [1.54, 1.807) is 0 Å². The molecule has 62 valence electrons. The smallest absolute Gasteiger partial charge is 0.283 e. The lowest BCUT2D eigenvalue weighted by atomic mass is 10.1. The first-order chi connectivity index (χ1) is 4.89. The van der Waals surface area contributed by atoms with Gasteiger partial charge in [-0.3, -0.25) is 14.9 Å². The summed E-state index contributed by atoms with van der Waals surface area (Å²) in [6.45, 7) is 2.97. The largest absolute Gasteiger partial charge is 0.351 e. The highest BCUT2D eigenvalue weighted by atomic mass is 16.5. The van der Waals surface area contributed by atoms with Crippen LogP contribution >= 0.6 is 0 Å². The van der Waals surface area contributed by atoms with Crippen LogP contribution in [0.4, 0.5) is 4.79 Å². The predicted octanol–water partition coefficient (Wildman–Crippen LogP) is 0.0482. The highest BCUT2D eigenvalue weighted by molar-refractivity contribution is 6.05. The first-order valence-corrected chi connectivity index (χ1v) is 3.20. The van der Waals surface area contributed by atoms with E-state index < -0.39 is 17.5 Å². The van der Waals surface area contributed by atoms with Gasteiger partial charge in [-0.1, -0.05) is 0 Å². The number of carbonyl (C=O) groups excluding carboxylic acids is 2. The van der Waals surface area contributed by atoms with E-state index >= 15 is 0 Å². The highest BCUT2D eigenvalue weighted by Crippen LogP contribution is 2.23. The summed E-state index contributed by atoms with van der Waals surface area (Å²) in [5, 5.41) is 9.53. The van der Waals surface area contributed by atoms with E-state index in [0.717, 1.165) is 4.90 Å². The van der Waals surface area contributed by atoms with E-state index in [1.807, 2.05) is 0 Å². The lowest BCUT2D eigenvalue weighted by molar-refractivity contribution is -0.142. The Kier molecular flexibility index (Phi) is 1.41. The highest BCUT2D eigenvalue weighted by Gasteiger charge is 2.49. The van der Waals surface area contributed by atoms with Gasteiger partial charge in [0, 0.05) is 7.05 Å². The van der Waals surface area contributed by atoms with Crippen molar-refractivity contribution in [2.75, 3.05) is 7.05 Å². The van der Waals surface area contributed by atoms with Crippen molar-refractivity contribution in [1.82, 2.24) is 9.96 Å². The Balaban J connectivity index is 3.06. The second-order valence-electron chi connectivity index (χ2n) is 3.02. The molecule has 0 unspecified atom stereocenters. The van der Waals surface area contributed by atoms with E-state index in [0.29, 0.717) is 5.06 Å². The Morgan fingerprint density at radius 2 is 1.82 bits per heavy atom. The molecule has 1 saturated heterocycles. The zero-order chi connectivity index (χ0) is 8.81. The maximum Gasteiger partial charge on any atom is 0.351 e. The molecule has 5 nitrogen and oxygen atoms in total. The maximum absolute atomic E-state index is 11.2. The molecule has 1 rings (SSSR count). The molecule has 1 aliphatic heterocycles. The molecule has 0 bridgehead atoms. The van der Waals surface area contributed by atoms with Crippen LogP contribution in [0, 0.1) is 0 Å². The summed E-state index contributed by atoms with van der Waals surface area (Å²) in [7, 11) is 1.34. The summed E-state index contributed by atoms with van der Waals surface area (Å²) in [6.07, 6.45) is 0. The fraction of sp³-hybridized carbons (Fsp3) is 0.667. The average Bonchev–Trinajstić information content (AvgIpc) is 2.06. The zero-order valence-electron chi connectivity index (χ0n) is 6.66. The van der Waals surface area contributed by atoms with Crippen LogP contribution in [-0.2, 0) is 4.79 Å². The summed E-state index contributed by atoms with van der Waals surface area (Å²) in [4.78, 5) is 23.0. The third-order valence-electron chi connectivity index (χ3n) is 1.83. The van der Waals surface area contributed by atoms with Crippen molar-refractivity contribution in [3.8, 4) is 0 Å². The van der Waals surface area contributed by atoms with Gasteiger partial charge in [-0.05, 0) is 13.8 Å². The molecule has 11 heavy (non-hydrogen) atoms. The number of urea groups is 1. The van der Waals surface area contributed by atoms with Crippen molar-refractivity contribution < 1.29 is 14.8 Å². The molecule has 0 aromatic rings. The van der Waals surface area contributed by atoms with Crippen LogP contribution < -0.4 is 0 Å². The number of carbonyl (C=O) groups is 2. The van der Waals surface area contributed by atoms with Crippen molar-refractivity contribution in [3.05, 3.63) is 0 Å². The van der Waals surface area contributed by atoms with Crippen molar-refractivity contribution in [1.29, 1.82) is 0 Å². The number of likely N-dealkylation sites (N-methyl/N-ethyl adjacent to an activating group) is 1. The predicted molar refractivity (Wildman–Crippen MR) is 35.9 cm³/mol. The molecule has 3 amide bonds. The Morgan fingerprint density at radius 1 is 1.36 bits per heavy atom. The van der Waals surface area contributed by atoms with Crippen LogP contribution in [0.1, 0.15) is 13.8 Å². The van der Waals surface area contributed by atoms with Crippen LogP contribution in [0.2, 0.25) is 0 Å². The molecule has 1 aliphatic rings. The van der Waals surface area contributed by atoms with Gasteiger partial charge < -0.3 is 0 Å². The van der Waals surface area contributed by atoms with Gasteiger partial charge in [-0.2, -0.15) is 5.06 Å². The van der Waals surface area contributed by atoms with Crippen molar-refractivity contribution in [2.24, 2.45) is 0 Å². The maximum atomic E-state index is 11.2. The Labute approximate surface area is 64.1 Å². The Bertz CT molecular complexity index is 224. The topological polar surface area (TPSA) is 60.9 Å². The van der Waals surface area contributed by atoms with Gasteiger partial charge in [0.2, 0.25) is 0 Å². The van der Waals surface area contributed by atoms with Crippen LogP contribution in [0.5, 0.6) is 0 Å². The molecule has 0 atom stereocenters. The van der Waals surface area contributed by atoms with E-state index in [-0.39, 0.29) is 0 Å². The zero-order valence-corrected chi connectivity index (χ0v) is 6.66. The number of hydrogen-bond acceptors (Lipinski definition) is 3. The van der Waals surface area contributed by atoms with Crippen LogP contribution in [0.25, 0.3) is 0 Å². The van der Waals surface area contributed by atoms with Crippen LogP contribution in [-0.4, -0.2) is 39.7 Å². The SMILES string of the molecule is CN1C(=O)N(O)C(C)(C)C1=O. The Morgan fingerprint density at radius 3 is 1.91 bits per heavy atom. The van der Waals surface area contributed by atoms with Crippen molar-refractivity contribution in [3.63, 3.8) is 0 Å². The summed E-state index contributed by atoms with van der Waals surface area (Å²) < 4.78 is 0. The van der Waals surface area contributed by atoms with Gasteiger partial charge in [0.25, 0.3) is 5.91 Å². The monoisotopic (exact) mass is 158 g/mol. The fourth-order valence-corrected chi connectivity index (χ4v) is 0.969. The molecular formula is C6H10N2O3. The van der Waals surface area contributed by atoms with Crippen LogP contribution in [0.3, 0.4) is 0 Å². The third-order valence-corrected chi connectivity index (χ3v) is 1.83. The lowest BCUT2D eigenvalue weighted by Crippen LogP contribution is -2.41. The number of amides is 3. The lowest BCUT2D eigenvalue weighted by Gasteiger charge is -2.19. The minimum Gasteiger partial charge on any atom is -0.283 e. The van der Waals surface area contributed by atoms with Gasteiger partial charge >= 0.3 is 6.03 Å². The molecule has 5 heteroatoms. The van der Waals surface area contributed by atoms with Gasteiger partial charge in [0.05, 0.1) is 0 Å². The van der Waals surface area contributed by atoms with Gasteiger partial charge in [0.15, 0.2) is 0 Å². The molecule has 1 heterocycles. The number of rotatable bonds is 0. The van der Waals surface area contributed by atoms with E-state index in [1.165, 1.54) is 20.9 Å². The van der Waals surface area contributed by atoms with Crippen molar-refractivity contribution >= 4 is 11.9 Å². The molecule has 1 fully saturated rings. The van der Waals surface area contributed by atoms with E-state index in [2.05, 4.69) is 0 Å².